The molecule has 0 saturated heterocycles. The van der Waals surface area contributed by atoms with Crippen molar-refractivity contribution in [1.29, 1.82) is 0 Å². The Hall–Kier alpha value is -2.34. The average molecular weight is 290 g/mol. The molecule has 2 rings (SSSR count). The molecule has 0 unspecified atom stereocenters. The molecule has 0 bridgehead atoms. The molecule has 0 fully saturated rings. The Morgan fingerprint density at radius 3 is 2.62 bits per heavy atom. The summed E-state index contributed by atoms with van der Waals surface area (Å²) in [7, 11) is 0. The second kappa shape index (κ2) is 6.90. The molecule has 2 N–H and O–H groups in total. The minimum atomic E-state index is -0.992. The lowest BCUT2D eigenvalue weighted by Crippen LogP contribution is -2.06. The zero-order valence-corrected chi connectivity index (χ0v) is 12.0. The Morgan fingerprint density at radius 1 is 1.29 bits per heavy atom. The largest absolute Gasteiger partial charge is 0.491 e. The van der Waals surface area contributed by atoms with Crippen LogP contribution in [0, 0.1) is 6.92 Å². The minimum absolute atomic E-state index is 0.194. The van der Waals surface area contributed by atoms with Gasteiger partial charge in [0.25, 0.3) is 0 Å². The van der Waals surface area contributed by atoms with Gasteiger partial charge in [-0.1, -0.05) is 0 Å². The van der Waals surface area contributed by atoms with Crippen molar-refractivity contribution in [2.24, 2.45) is 0 Å². The van der Waals surface area contributed by atoms with Crippen LogP contribution < -0.4 is 4.74 Å². The van der Waals surface area contributed by atoms with Crippen LogP contribution >= 0.6 is 0 Å². The van der Waals surface area contributed by atoms with Crippen LogP contribution in [-0.4, -0.2) is 41.1 Å². The van der Waals surface area contributed by atoms with Crippen molar-refractivity contribution in [3.05, 3.63) is 35.5 Å². The van der Waals surface area contributed by atoms with Gasteiger partial charge >= 0.3 is 5.97 Å². The summed E-state index contributed by atoms with van der Waals surface area (Å²) in [5, 5.41) is 16.0. The summed E-state index contributed by atoms with van der Waals surface area (Å²) in [5.41, 5.74) is 1.89. The number of nitrogens with one attached hydrogen (secondary N) is 1. The third kappa shape index (κ3) is 3.61. The van der Waals surface area contributed by atoms with Crippen molar-refractivity contribution in [3.8, 4) is 17.0 Å². The molecular formula is C15H18N2O4. The fourth-order valence-electron chi connectivity index (χ4n) is 1.97. The summed E-state index contributed by atoms with van der Waals surface area (Å²) >= 11 is 0. The maximum Gasteiger partial charge on any atom is 0.339 e. The first-order chi connectivity index (χ1) is 10.1. The molecule has 0 radical (unpaired) electrons. The lowest BCUT2D eigenvalue weighted by Gasteiger charge is -2.07. The van der Waals surface area contributed by atoms with Gasteiger partial charge in [0.2, 0.25) is 0 Å². The number of hydrogen-bond donors (Lipinski definition) is 2. The Bertz CT molecular complexity index is 605. The zero-order chi connectivity index (χ0) is 15.2. The van der Waals surface area contributed by atoms with Crippen LogP contribution in [-0.2, 0) is 4.74 Å². The fraction of sp³-hybridized carbons (Fsp3) is 0.333. The van der Waals surface area contributed by atoms with E-state index in [1.165, 1.54) is 0 Å². The molecule has 0 aliphatic rings. The number of H-pyrrole nitrogens is 1. The maximum atomic E-state index is 11.2. The second-order valence-electron chi connectivity index (χ2n) is 4.45. The topological polar surface area (TPSA) is 84.4 Å². The van der Waals surface area contributed by atoms with Gasteiger partial charge in [0, 0.05) is 17.9 Å². The van der Waals surface area contributed by atoms with E-state index < -0.39 is 5.97 Å². The van der Waals surface area contributed by atoms with Crippen molar-refractivity contribution >= 4 is 5.97 Å². The van der Waals surface area contributed by atoms with Gasteiger partial charge < -0.3 is 14.6 Å². The summed E-state index contributed by atoms with van der Waals surface area (Å²) in [5.74, 6) is -0.282. The third-order valence-electron chi connectivity index (χ3n) is 2.99. The lowest BCUT2D eigenvalue weighted by atomic mass is 10.1. The first kappa shape index (κ1) is 15.1. The number of carboxylic acid groups (broad SMARTS) is 1. The molecule has 1 heterocycles. The first-order valence-electron chi connectivity index (χ1n) is 6.72. The molecule has 1 aromatic heterocycles. The van der Waals surface area contributed by atoms with Gasteiger partial charge in [-0.3, -0.25) is 5.10 Å². The Labute approximate surface area is 122 Å². The minimum Gasteiger partial charge on any atom is -0.491 e. The number of benzene rings is 1. The second-order valence-corrected chi connectivity index (χ2v) is 4.45. The van der Waals surface area contributed by atoms with E-state index in [1.807, 2.05) is 6.92 Å². The van der Waals surface area contributed by atoms with Crippen molar-refractivity contribution < 1.29 is 19.4 Å². The molecule has 6 heteroatoms. The molecule has 0 saturated carbocycles. The van der Waals surface area contributed by atoms with Crippen LogP contribution in [0.25, 0.3) is 11.3 Å². The zero-order valence-electron chi connectivity index (χ0n) is 12.0. The number of aryl methyl sites for hydroxylation is 1. The van der Waals surface area contributed by atoms with Crippen LogP contribution in [0.4, 0.5) is 0 Å². The molecule has 2 aromatic rings. The monoisotopic (exact) mass is 290 g/mol. The number of aromatic nitrogens is 2. The van der Waals surface area contributed by atoms with Gasteiger partial charge in [-0.2, -0.15) is 5.10 Å². The number of carbonyl (C=O) groups is 1. The average Bonchev–Trinajstić information content (AvgIpc) is 2.86. The van der Waals surface area contributed by atoms with Crippen LogP contribution in [0.1, 0.15) is 23.0 Å². The number of carboxylic acids is 1. The van der Waals surface area contributed by atoms with E-state index in [-0.39, 0.29) is 5.56 Å². The van der Waals surface area contributed by atoms with E-state index >= 15 is 0 Å². The predicted molar refractivity (Wildman–Crippen MR) is 77.7 cm³/mol. The van der Waals surface area contributed by atoms with E-state index in [1.54, 1.807) is 31.2 Å². The standard InChI is InChI=1S/C15H18N2O4/c1-3-20-8-9-21-12-6-4-11(5-7-12)14-13(15(18)19)10(2)16-17-14/h4-7H,3,8-9H2,1-2H3,(H,16,17)(H,18,19). The quantitative estimate of drug-likeness (QED) is 0.765. The van der Waals surface area contributed by atoms with Crippen LogP contribution in [0.2, 0.25) is 0 Å². The molecule has 0 atom stereocenters. The summed E-state index contributed by atoms with van der Waals surface area (Å²) in [6.45, 7) is 5.31. The van der Waals surface area contributed by atoms with Gasteiger partial charge in [-0.05, 0) is 38.1 Å². The highest BCUT2D eigenvalue weighted by atomic mass is 16.5. The molecule has 0 aliphatic heterocycles. The van der Waals surface area contributed by atoms with Crippen LogP contribution in [0.15, 0.2) is 24.3 Å². The van der Waals surface area contributed by atoms with Crippen molar-refractivity contribution in [2.75, 3.05) is 19.8 Å². The van der Waals surface area contributed by atoms with Crippen LogP contribution in [0.5, 0.6) is 5.75 Å². The Morgan fingerprint density at radius 2 is 2.00 bits per heavy atom. The van der Waals surface area contributed by atoms with Crippen molar-refractivity contribution in [3.63, 3.8) is 0 Å². The fourth-order valence-corrected chi connectivity index (χ4v) is 1.97. The highest BCUT2D eigenvalue weighted by Crippen LogP contribution is 2.25. The molecule has 0 spiro atoms. The summed E-state index contributed by atoms with van der Waals surface area (Å²) < 4.78 is 10.7. The van der Waals surface area contributed by atoms with E-state index in [0.717, 1.165) is 5.56 Å². The SMILES string of the molecule is CCOCCOc1ccc(-c2n[nH]c(C)c2C(=O)O)cc1. The molecular weight excluding hydrogens is 272 g/mol. The summed E-state index contributed by atoms with van der Waals surface area (Å²) in [4.78, 5) is 11.2. The van der Waals surface area contributed by atoms with Crippen molar-refractivity contribution in [2.45, 2.75) is 13.8 Å². The lowest BCUT2D eigenvalue weighted by molar-refractivity contribution is 0.0697. The highest BCUT2D eigenvalue weighted by molar-refractivity contribution is 5.96. The number of rotatable bonds is 7. The van der Waals surface area contributed by atoms with E-state index in [9.17, 15) is 9.90 Å². The van der Waals surface area contributed by atoms with Crippen molar-refractivity contribution in [1.82, 2.24) is 10.2 Å². The normalized spacial score (nSPS) is 10.6. The Kier molecular flexibility index (Phi) is 4.94. The summed E-state index contributed by atoms with van der Waals surface area (Å²) in [6.07, 6.45) is 0. The van der Waals surface area contributed by atoms with Gasteiger partial charge in [-0.25, -0.2) is 4.79 Å². The van der Waals surface area contributed by atoms with E-state index in [0.29, 0.717) is 37.0 Å². The van der Waals surface area contributed by atoms with E-state index in [2.05, 4.69) is 10.2 Å². The number of ether oxygens (including phenoxy) is 2. The number of aromatic amines is 1. The smallest absolute Gasteiger partial charge is 0.339 e. The number of nitrogens with zero attached hydrogens (tertiary/aromatic N) is 1. The maximum absolute atomic E-state index is 11.2. The third-order valence-corrected chi connectivity index (χ3v) is 2.99. The molecule has 6 nitrogen and oxygen atoms in total. The number of hydrogen-bond acceptors (Lipinski definition) is 4. The molecule has 112 valence electrons. The predicted octanol–water partition coefficient (Wildman–Crippen LogP) is 2.50. The van der Waals surface area contributed by atoms with Gasteiger partial charge in [0.15, 0.2) is 0 Å². The van der Waals surface area contributed by atoms with Gasteiger partial charge in [-0.15, -0.1) is 0 Å². The number of aromatic carboxylic acids is 1. The molecule has 1 aromatic carbocycles. The Balaban J connectivity index is 2.10. The molecule has 21 heavy (non-hydrogen) atoms. The first-order valence-corrected chi connectivity index (χ1v) is 6.72. The van der Waals surface area contributed by atoms with Gasteiger partial charge in [0.05, 0.1) is 6.61 Å². The van der Waals surface area contributed by atoms with Gasteiger partial charge in [0.1, 0.15) is 23.6 Å². The van der Waals surface area contributed by atoms with E-state index in [4.69, 9.17) is 9.47 Å². The summed E-state index contributed by atoms with van der Waals surface area (Å²) in [6, 6.07) is 7.16. The molecule has 0 amide bonds. The highest BCUT2D eigenvalue weighted by Gasteiger charge is 2.18. The molecule has 0 aliphatic carbocycles. The van der Waals surface area contributed by atoms with Crippen LogP contribution in [0.3, 0.4) is 0 Å².